The minimum absolute atomic E-state index is 0.275. The predicted molar refractivity (Wildman–Crippen MR) is 125 cm³/mol. The number of hydrogen-bond acceptors (Lipinski definition) is 2. The smallest absolute Gasteiger partial charge is 0.335 e. The van der Waals surface area contributed by atoms with Crippen LogP contribution in [0.1, 0.15) is 53.2 Å². The highest BCUT2D eigenvalue weighted by molar-refractivity contribution is 5.93. The molecule has 1 aliphatic rings. The number of nitrogens with zero attached hydrogens (tertiary/aromatic N) is 2. The van der Waals surface area contributed by atoms with E-state index in [0.717, 1.165) is 40.8 Å². The maximum atomic E-state index is 11.4. The van der Waals surface area contributed by atoms with Crippen LogP contribution in [0.25, 0.3) is 34.6 Å². The molecule has 0 amide bonds. The van der Waals surface area contributed by atoms with Crippen molar-refractivity contribution in [1.29, 1.82) is 0 Å². The number of carboxylic acids is 1. The Morgan fingerprint density at radius 1 is 0.903 bits per heavy atom. The summed E-state index contributed by atoms with van der Waals surface area (Å²) in [6.45, 7) is 0. The molecule has 1 aromatic heterocycles. The molecule has 1 saturated carbocycles. The van der Waals surface area contributed by atoms with Crippen molar-refractivity contribution < 1.29 is 9.90 Å². The summed E-state index contributed by atoms with van der Waals surface area (Å²) in [5.74, 6) is -0.00329. The Kier molecular flexibility index (Phi) is 5.13. The molecule has 1 N–H and O–H groups in total. The summed E-state index contributed by atoms with van der Waals surface area (Å²) in [5, 5.41) is 9.37. The Morgan fingerprint density at radius 3 is 2.26 bits per heavy atom. The molecule has 0 unspecified atom stereocenters. The summed E-state index contributed by atoms with van der Waals surface area (Å²) in [6, 6.07) is 24.4. The predicted octanol–water partition coefficient (Wildman–Crippen LogP) is 6.69. The quantitative estimate of drug-likeness (QED) is 0.374. The molecule has 3 aromatic carbocycles. The number of fused-ring (bicyclic) bond motifs is 1. The Hall–Kier alpha value is -3.66. The molecule has 1 aliphatic carbocycles. The van der Waals surface area contributed by atoms with Crippen molar-refractivity contribution in [3.8, 4) is 11.4 Å². The van der Waals surface area contributed by atoms with E-state index in [1.165, 1.54) is 18.4 Å². The van der Waals surface area contributed by atoms with Crippen molar-refractivity contribution >= 4 is 29.2 Å². The number of carboxylic acid groups (broad SMARTS) is 1. The second-order valence-electron chi connectivity index (χ2n) is 8.12. The van der Waals surface area contributed by atoms with Gasteiger partial charge in [-0.3, -0.25) is 0 Å². The monoisotopic (exact) mass is 408 g/mol. The first-order chi connectivity index (χ1) is 15.2. The van der Waals surface area contributed by atoms with Crippen molar-refractivity contribution in [3.05, 3.63) is 89.5 Å². The Morgan fingerprint density at radius 2 is 1.58 bits per heavy atom. The normalized spacial score (nSPS) is 14.6. The van der Waals surface area contributed by atoms with Gasteiger partial charge in [0.2, 0.25) is 0 Å². The number of carbonyl (C=O) groups is 1. The molecular weight excluding hydrogens is 384 g/mol. The molecule has 5 rings (SSSR count). The molecule has 4 aromatic rings. The van der Waals surface area contributed by atoms with E-state index in [1.807, 2.05) is 24.3 Å². The number of hydrogen-bond donors (Lipinski definition) is 1. The summed E-state index contributed by atoms with van der Waals surface area (Å²) in [7, 11) is 0. The third-order valence-corrected chi connectivity index (χ3v) is 6.06. The fourth-order valence-electron chi connectivity index (χ4n) is 4.47. The Bertz CT molecular complexity index is 1250. The van der Waals surface area contributed by atoms with E-state index in [4.69, 9.17) is 4.98 Å². The van der Waals surface area contributed by atoms with Gasteiger partial charge in [0.25, 0.3) is 0 Å². The summed E-state index contributed by atoms with van der Waals surface area (Å²) in [5.41, 5.74) is 5.39. The maximum Gasteiger partial charge on any atom is 0.335 e. The first-order valence-corrected chi connectivity index (χ1v) is 10.8. The lowest BCUT2D eigenvalue weighted by Crippen LogP contribution is -2.06. The van der Waals surface area contributed by atoms with Crippen LogP contribution in [-0.2, 0) is 0 Å². The lowest BCUT2D eigenvalue weighted by molar-refractivity contribution is 0.0697. The topological polar surface area (TPSA) is 55.1 Å². The molecule has 0 aliphatic heterocycles. The highest BCUT2D eigenvalue weighted by Crippen LogP contribution is 2.37. The highest BCUT2D eigenvalue weighted by Gasteiger charge is 2.23. The van der Waals surface area contributed by atoms with Gasteiger partial charge in [-0.2, -0.15) is 0 Å². The van der Waals surface area contributed by atoms with E-state index < -0.39 is 5.97 Å². The first-order valence-electron chi connectivity index (χ1n) is 10.8. The van der Waals surface area contributed by atoms with Gasteiger partial charge in [0.05, 0.1) is 16.6 Å². The second kappa shape index (κ2) is 8.23. The van der Waals surface area contributed by atoms with Crippen molar-refractivity contribution in [3.63, 3.8) is 0 Å². The Balaban J connectivity index is 1.53. The third-order valence-electron chi connectivity index (χ3n) is 6.06. The van der Waals surface area contributed by atoms with Gasteiger partial charge in [0, 0.05) is 11.6 Å². The van der Waals surface area contributed by atoms with Gasteiger partial charge in [-0.15, -0.1) is 0 Å². The molecule has 0 saturated heterocycles. The van der Waals surface area contributed by atoms with Crippen molar-refractivity contribution in [2.24, 2.45) is 0 Å². The average Bonchev–Trinajstić information content (AvgIpc) is 3.46. The van der Waals surface area contributed by atoms with Crippen LogP contribution < -0.4 is 0 Å². The maximum absolute atomic E-state index is 11.4. The van der Waals surface area contributed by atoms with E-state index in [-0.39, 0.29) is 5.56 Å². The number of benzene rings is 3. The lowest BCUT2D eigenvalue weighted by atomic mass is 10.1. The van der Waals surface area contributed by atoms with Gasteiger partial charge in [-0.05, 0) is 42.2 Å². The van der Waals surface area contributed by atoms with Crippen LogP contribution in [0.2, 0.25) is 0 Å². The zero-order valence-electron chi connectivity index (χ0n) is 17.2. The average molecular weight is 409 g/mol. The van der Waals surface area contributed by atoms with Crippen LogP contribution in [0, 0.1) is 0 Å². The summed E-state index contributed by atoms with van der Waals surface area (Å²) in [6.07, 6.45) is 8.93. The highest BCUT2D eigenvalue weighted by atomic mass is 16.4. The van der Waals surface area contributed by atoms with Crippen LogP contribution in [0.15, 0.2) is 72.8 Å². The first kappa shape index (κ1) is 19.3. The van der Waals surface area contributed by atoms with Crippen molar-refractivity contribution in [2.45, 2.75) is 31.7 Å². The molecule has 1 fully saturated rings. The standard InChI is InChI=1S/C27H24N2O2/c30-27(31)22-16-17-25-24(18-22)28-26(29(25)23-8-4-5-9-23)21-14-12-20(13-15-21)11-10-19-6-2-1-3-7-19/h1-3,6-7,10-18,23H,4-5,8-9H2,(H,30,31)/b11-10+. The van der Waals surface area contributed by atoms with Gasteiger partial charge < -0.3 is 9.67 Å². The summed E-state index contributed by atoms with van der Waals surface area (Å²) in [4.78, 5) is 16.3. The molecule has 0 radical (unpaired) electrons. The number of aromatic carboxylic acids is 1. The van der Waals surface area contributed by atoms with Gasteiger partial charge in [-0.1, -0.05) is 79.6 Å². The Labute approximate surface area is 181 Å². The van der Waals surface area contributed by atoms with Crippen LogP contribution in [0.5, 0.6) is 0 Å². The van der Waals surface area contributed by atoms with Crippen LogP contribution >= 0.6 is 0 Å². The molecule has 31 heavy (non-hydrogen) atoms. The number of imidazole rings is 1. The molecule has 0 spiro atoms. The summed E-state index contributed by atoms with van der Waals surface area (Å²) >= 11 is 0. The van der Waals surface area contributed by atoms with E-state index in [0.29, 0.717) is 6.04 Å². The van der Waals surface area contributed by atoms with E-state index in [2.05, 4.69) is 53.1 Å². The van der Waals surface area contributed by atoms with Crippen molar-refractivity contribution in [1.82, 2.24) is 9.55 Å². The zero-order chi connectivity index (χ0) is 21.2. The molecular formula is C27H24N2O2. The molecule has 0 bridgehead atoms. The largest absolute Gasteiger partial charge is 0.478 e. The fourth-order valence-corrected chi connectivity index (χ4v) is 4.47. The van der Waals surface area contributed by atoms with E-state index >= 15 is 0 Å². The molecule has 0 atom stereocenters. The van der Waals surface area contributed by atoms with Gasteiger partial charge in [0.1, 0.15) is 5.82 Å². The minimum atomic E-state index is -0.923. The van der Waals surface area contributed by atoms with Crippen molar-refractivity contribution in [2.75, 3.05) is 0 Å². The number of rotatable bonds is 5. The van der Waals surface area contributed by atoms with Crippen LogP contribution in [0.4, 0.5) is 0 Å². The molecule has 4 heteroatoms. The van der Waals surface area contributed by atoms with Crippen LogP contribution in [0.3, 0.4) is 0 Å². The third kappa shape index (κ3) is 3.89. The summed E-state index contributed by atoms with van der Waals surface area (Å²) < 4.78 is 2.32. The fraction of sp³-hybridized carbons (Fsp3) is 0.185. The SMILES string of the molecule is O=C(O)c1ccc2c(c1)nc(-c1ccc(/C=C/c3ccccc3)cc1)n2C1CCCC1. The lowest BCUT2D eigenvalue weighted by Gasteiger charge is -2.16. The molecule has 4 nitrogen and oxygen atoms in total. The minimum Gasteiger partial charge on any atom is -0.478 e. The number of aromatic nitrogens is 2. The van der Waals surface area contributed by atoms with Gasteiger partial charge in [0.15, 0.2) is 0 Å². The second-order valence-corrected chi connectivity index (χ2v) is 8.12. The van der Waals surface area contributed by atoms with Crippen LogP contribution in [-0.4, -0.2) is 20.6 Å². The van der Waals surface area contributed by atoms with Gasteiger partial charge >= 0.3 is 5.97 Å². The zero-order valence-corrected chi connectivity index (χ0v) is 17.2. The molecule has 154 valence electrons. The van der Waals surface area contributed by atoms with E-state index in [9.17, 15) is 9.90 Å². The molecule has 1 heterocycles. The van der Waals surface area contributed by atoms with Gasteiger partial charge in [-0.25, -0.2) is 9.78 Å². The van der Waals surface area contributed by atoms with E-state index in [1.54, 1.807) is 12.1 Å².